The zero-order valence-electron chi connectivity index (χ0n) is 12.0. The van der Waals surface area contributed by atoms with Crippen LogP contribution in [0.25, 0.3) is 0 Å². The molecule has 0 unspecified atom stereocenters. The highest BCUT2D eigenvalue weighted by molar-refractivity contribution is 6.31. The van der Waals surface area contributed by atoms with Crippen molar-refractivity contribution in [3.05, 3.63) is 74.3 Å². The van der Waals surface area contributed by atoms with E-state index in [2.05, 4.69) is 10.9 Å². The lowest BCUT2D eigenvalue weighted by atomic mass is 10.1. The first-order chi connectivity index (χ1) is 10.9. The number of carbonyl (C=O) groups is 2. The molecule has 2 aromatic rings. The van der Waals surface area contributed by atoms with Gasteiger partial charge in [0.2, 0.25) is 0 Å². The standard InChI is InChI=1S/C15H12ClN3O4/c1-9-4-2-3-5-11(9)14(20)17-18-15(21)12-7-6-10(16)8-13(12)19(22)23/h2-8H,1H3,(H,17,20)(H,18,21). The van der Waals surface area contributed by atoms with Crippen LogP contribution >= 0.6 is 11.6 Å². The minimum Gasteiger partial charge on any atom is -0.267 e. The summed E-state index contributed by atoms with van der Waals surface area (Å²) >= 11 is 5.68. The Morgan fingerprint density at radius 3 is 2.26 bits per heavy atom. The normalized spacial score (nSPS) is 10.0. The van der Waals surface area contributed by atoms with Crippen molar-refractivity contribution in [3.63, 3.8) is 0 Å². The number of halogens is 1. The molecule has 0 aliphatic carbocycles. The van der Waals surface area contributed by atoms with E-state index in [1.165, 1.54) is 12.1 Å². The molecule has 23 heavy (non-hydrogen) atoms. The van der Waals surface area contributed by atoms with Crippen LogP contribution in [-0.4, -0.2) is 16.7 Å². The van der Waals surface area contributed by atoms with Gasteiger partial charge in [-0.1, -0.05) is 29.8 Å². The Morgan fingerprint density at radius 1 is 1.04 bits per heavy atom. The molecule has 0 aliphatic rings. The van der Waals surface area contributed by atoms with E-state index >= 15 is 0 Å². The van der Waals surface area contributed by atoms with Crippen LogP contribution in [0.3, 0.4) is 0 Å². The van der Waals surface area contributed by atoms with Crippen LogP contribution in [0, 0.1) is 17.0 Å². The summed E-state index contributed by atoms with van der Waals surface area (Å²) in [6.07, 6.45) is 0. The first kappa shape index (κ1) is 16.4. The lowest BCUT2D eigenvalue weighted by Crippen LogP contribution is -2.42. The predicted molar refractivity (Wildman–Crippen MR) is 84.2 cm³/mol. The fraction of sp³-hybridized carbons (Fsp3) is 0.0667. The Morgan fingerprint density at radius 2 is 1.65 bits per heavy atom. The molecule has 0 fully saturated rings. The van der Waals surface area contributed by atoms with Crippen molar-refractivity contribution in [2.75, 3.05) is 0 Å². The Labute approximate surface area is 136 Å². The second-order valence-corrected chi connectivity index (χ2v) is 5.08. The summed E-state index contributed by atoms with van der Waals surface area (Å²) in [5, 5.41) is 11.1. The molecule has 118 valence electrons. The maximum absolute atomic E-state index is 12.0. The SMILES string of the molecule is Cc1ccccc1C(=O)NNC(=O)c1ccc(Cl)cc1[N+](=O)[O-]. The minimum absolute atomic E-state index is 0.136. The second-order valence-electron chi connectivity index (χ2n) is 4.64. The molecular formula is C15H12ClN3O4. The molecule has 2 N–H and O–H groups in total. The number of hydrogen-bond acceptors (Lipinski definition) is 4. The molecule has 0 aromatic heterocycles. The lowest BCUT2D eigenvalue weighted by Gasteiger charge is -2.09. The lowest BCUT2D eigenvalue weighted by molar-refractivity contribution is -0.385. The van der Waals surface area contributed by atoms with Gasteiger partial charge in [-0.25, -0.2) is 0 Å². The summed E-state index contributed by atoms with van der Waals surface area (Å²) in [6, 6.07) is 10.5. The Bertz CT molecular complexity index is 792. The van der Waals surface area contributed by atoms with E-state index in [0.29, 0.717) is 5.56 Å². The number of nitrogens with zero attached hydrogens (tertiary/aromatic N) is 1. The maximum Gasteiger partial charge on any atom is 0.283 e. The number of rotatable bonds is 3. The average Bonchev–Trinajstić information content (AvgIpc) is 2.52. The Balaban J connectivity index is 2.13. The molecule has 0 aliphatic heterocycles. The van der Waals surface area contributed by atoms with Crippen molar-refractivity contribution in [1.82, 2.24) is 10.9 Å². The molecule has 2 rings (SSSR count). The predicted octanol–water partition coefficient (Wildman–Crippen LogP) is 2.63. The van der Waals surface area contributed by atoms with Gasteiger partial charge in [0.15, 0.2) is 0 Å². The van der Waals surface area contributed by atoms with Crippen LogP contribution in [-0.2, 0) is 0 Å². The van der Waals surface area contributed by atoms with Crippen molar-refractivity contribution >= 4 is 29.1 Å². The summed E-state index contributed by atoms with van der Waals surface area (Å²) < 4.78 is 0. The van der Waals surface area contributed by atoms with Gasteiger partial charge >= 0.3 is 0 Å². The molecule has 0 saturated carbocycles. The molecule has 0 atom stereocenters. The average molecular weight is 334 g/mol. The molecule has 7 nitrogen and oxygen atoms in total. The van der Waals surface area contributed by atoms with Gasteiger partial charge in [-0.05, 0) is 30.7 Å². The van der Waals surface area contributed by atoms with Crippen molar-refractivity contribution in [2.24, 2.45) is 0 Å². The molecule has 0 spiro atoms. The second kappa shape index (κ2) is 6.89. The van der Waals surface area contributed by atoms with Gasteiger partial charge in [0.25, 0.3) is 17.5 Å². The fourth-order valence-corrected chi connectivity index (χ4v) is 2.09. The summed E-state index contributed by atoms with van der Waals surface area (Å²) in [5.74, 6) is -1.33. The van der Waals surface area contributed by atoms with E-state index in [9.17, 15) is 19.7 Å². The largest absolute Gasteiger partial charge is 0.283 e. The van der Waals surface area contributed by atoms with Crippen molar-refractivity contribution < 1.29 is 14.5 Å². The van der Waals surface area contributed by atoms with Gasteiger partial charge in [-0.3, -0.25) is 30.6 Å². The van der Waals surface area contributed by atoms with Crippen LogP contribution in [0.15, 0.2) is 42.5 Å². The first-order valence-corrected chi connectivity index (χ1v) is 6.88. The summed E-state index contributed by atoms with van der Waals surface area (Å²) in [4.78, 5) is 34.3. The molecule has 0 radical (unpaired) electrons. The van der Waals surface area contributed by atoms with E-state index in [-0.39, 0.29) is 10.6 Å². The number of hydrazine groups is 1. The number of nitrogens with one attached hydrogen (secondary N) is 2. The third-order valence-electron chi connectivity index (χ3n) is 3.08. The van der Waals surface area contributed by atoms with Crippen molar-refractivity contribution in [3.8, 4) is 0 Å². The fourth-order valence-electron chi connectivity index (χ4n) is 1.92. The number of benzene rings is 2. The topological polar surface area (TPSA) is 101 Å². The number of amides is 2. The summed E-state index contributed by atoms with van der Waals surface area (Å²) in [7, 11) is 0. The van der Waals surface area contributed by atoms with Crippen LogP contribution in [0.2, 0.25) is 5.02 Å². The Hall–Kier alpha value is -2.93. The first-order valence-electron chi connectivity index (χ1n) is 6.50. The smallest absolute Gasteiger partial charge is 0.267 e. The molecule has 0 bridgehead atoms. The van der Waals surface area contributed by atoms with Crippen molar-refractivity contribution in [2.45, 2.75) is 6.92 Å². The van der Waals surface area contributed by atoms with Crippen LogP contribution in [0.5, 0.6) is 0 Å². The van der Waals surface area contributed by atoms with Gasteiger partial charge in [0.1, 0.15) is 5.56 Å². The highest BCUT2D eigenvalue weighted by Crippen LogP contribution is 2.22. The maximum atomic E-state index is 12.0. The van der Waals surface area contributed by atoms with Gasteiger partial charge in [0.05, 0.1) is 4.92 Å². The number of carbonyl (C=O) groups excluding carboxylic acids is 2. The van der Waals surface area contributed by atoms with E-state index < -0.39 is 22.4 Å². The monoisotopic (exact) mass is 333 g/mol. The number of nitro groups is 1. The highest BCUT2D eigenvalue weighted by Gasteiger charge is 2.21. The van der Waals surface area contributed by atoms with Gasteiger partial charge in [0, 0.05) is 16.7 Å². The van der Waals surface area contributed by atoms with Crippen LogP contribution in [0.1, 0.15) is 26.3 Å². The molecule has 2 amide bonds. The Kier molecular flexibility index (Phi) is 4.92. The highest BCUT2D eigenvalue weighted by atomic mass is 35.5. The van der Waals surface area contributed by atoms with Crippen molar-refractivity contribution in [1.29, 1.82) is 0 Å². The molecule has 0 saturated heterocycles. The van der Waals surface area contributed by atoms with E-state index in [4.69, 9.17) is 11.6 Å². The zero-order chi connectivity index (χ0) is 17.0. The molecule has 2 aromatic carbocycles. The third kappa shape index (κ3) is 3.83. The molecule has 0 heterocycles. The van der Waals surface area contributed by atoms with Gasteiger partial charge < -0.3 is 0 Å². The summed E-state index contributed by atoms with van der Waals surface area (Å²) in [5.41, 5.74) is 4.85. The summed E-state index contributed by atoms with van der Waals surface area (Å²) in [6.45, 7) is 1.75. The molecule has 8 heteroatoms. The van der Waals surface area contributed by atoms with E-state index in [0.717, 1.165) is 11.6 Å². The third-order valence-corrected chi connectivity index (χ3v) is 3.32. The van der Waals surface area contributed by atoms with Crippen LogP contribution < -0.4 is 10.9 Å². The zero-order valence-corrected chi connectivity index (χ0v) is 12.8. The van der Waals surface area contributed by atoms with E-state index in [1.807, 2.05) is 0 Å². The molecular weight excluding hydrogens is 322 g/mol. The number of hydrogen-bond donors (Lipinski definition) is 2. The van der Waals surface area contributed by atoms with Gasteiger partial charge in [-0.2, -0.15) is 0 Å². The minimum atomic E-state index is -0.810. The van der Waals surface area contributed by atoms with Gasteiger partial charge in [-0.15, -0.1) is 0 Å². The van der Waals surface area contributed by atoms with E-state index in [1.54, 1.807) is 31.2 Å². The quantitative estimate of drug-likeness (QED) is 0.665. The van der Waals surface area contributed by atoms with Crippen LogP contribution in [0.4, 0.5) is 5.69 Å². The number of aryl methyl sites for hydroxylation is 1. The number of nitro benzene ring substituents is 1.